The van der Waals surface area contributed by atoms with E-state index in [2.05, 4.69) is 23.1 Å². The van der Waals surface area contributed by atoms with Crippen molar-refractivity contribution >= 4 is 0 Å². The monoisotopic (exact) mass is 405 g/mol. The number of methoxy groups -OCH3 is 3. The van der Waals surface area contributed by atoms with Crippen molar-refractivity contribution in [2.45, 2.75) is 5.92 Å². The van der Waals surface area contributed by atoms with Gasteiger partial charge in [0.15, 0.2) is 16.9 Å². The third-order valence-electron chi connectivity index (χ3n) is 5.89. The van der Waals surface area contributed by atoms with Crippen LogP contribution < -0.4 is 19.9 Å². The van der Waals surface area contributed by atoms with Gasteiger partial charge in [0.1, 0.15) is 6.07 Å². The van der Waals surface area contributed by atoms with E-state index in [-0.39, 0.29) is 17.2 Å². The number of nitrogens with two attached hydrogens (primary N) is 1. The van der Waals surface area contributed by atoms with Crippen molar-refractivity contribution in [3.05, 3.63) is 40.6 Å². The van der Waals surface area contributed by atoms with Crippen LogP contribution in [0.2, 0.25) is 0 Å². The molecule has 8 heteroatoms. The van der Waals surface area contributed by atoms with E-state index in [4.69, 9.17) is 19.9 Å². The van der Waals surface area contributed by atoms with E-state index in [1.54, 1.807) is 12.1 Å². The van der Waals surface area contributed by atoms with Crippen molar-refractivity contribution in [1.29, 1.82) is 15.8 Å². The molecule has 2 aliphatic rings. The smallest absolute Gasteiger partial charge is 0.203 e. The molecule has 30 heavy (non-hydrogen) atoms. The Morgan fingerprint density at radius 1 is 1.07 bits per heavy atom. The third kappa shape index (κ3) is 2.92. The number of nitrogens with zero attached hydrogens (tertiary/aromatic N) is 4. The van der Waals surface area contributed by atoms with Crippen molar-refractivity contribution in [1.82, 2.24) is 4.90 Å². The first-order valence-corrected chi connectivity index (χ1v) is 9.34. The Kier molecular flexibility index (Phi) is 5.60. The second-order valence-corrected chi connectivity index (χ2v) is 7.36. The summed E-state index contributed by atoms with van der Waals surface area (Å²) in [6.07, 6.45) is 1.95. The quantitative estimate of drug-likeness (QED) is 0.806. The Labute approximate surface area is 175 Å². The second kappa shape index (κ2) is 7.99. The van der Waals surface area contributed by atoms with Gasteiger partial charge in [0.2, 0.25) is 5.75 Å². The molecule has 1 aromatic carbocycles. The predicted octanol–water partition coefficient (Wildman–Crippen LogP) is 2.07. The number of benzene rings is 1. The molecule has 0 aromatic heterocycles. The Morgan fingerprint density at radius 3 is 2.13 bits per heavy atom. The molecule has 0 fully saturated rings. The van der Waals surface area contributed by atoms with E-state index in [1.165, 1.54) is 21.3 Å². The van der Waals surface area contributed by atoms with Crippen LogP contribution in [0, 0.1) is 45.3 Å². The molecule has 2 N–H and O–H groups in total. The molecule has 0 saturated heterocycles. The lowest BCUT2D eigenvalue weighted by molar-refractivity contribution is 0.236. The molecule has 0 saturated carbocycles. The van der Waals surface area contributed by atoms with Gasteiger partial charge in [0, 0.05) is 24.9 Å². The maximum atomic E-state index is 10.2. The van der Waals surface area contributed by atoms with Gasteiger partial charge in [-0.3, -0.25) is 0 Å². The highest BCUT2D eigenvalue weighted by molar-refractivity contribution is 5.62. The standard InChI is InChI=1S/C22H23N5O3/c1-27-6-5-14-15(9-23)21(26)22(11-24,12-25)19(16(14)10-27)13-7-17(28-2)20(30-4)18(8-13)29-3/h5,7-8,16,19H,6,10,26H2,1-4H3/t16-,19-/m1/s1. The van der Waals surface area contributed by atoms with Gasteiger partial charge < -0.3 is 24.8 Å². The minimum atomic E-state index is -1.71. The Bertz CT molecular complexity index is 1010. The first kappa shape index (κ1) is 21.0. The van der Waals surface area contributed by atoms with Crippen LogP contribution in [0.4, 0.5) is 0 Å². The Hall–Kier alpha value is -3.67. The zero-order valence-electron chi connectivity index (χ0n) is 17.4. The van der Waals surface area contributed by atoms with Crippen molar-refractivity contribution in [2.75, 3.05) is 41.5 Å². The van der Waals surface area contributed by atoms with Crippen molar-refractivity contribution in [3.8, 4) is 35.5 Å². The van der Waals surface area contributed by atoms with Gasteiger partial charge in [-0.25, -0.2) is 0 Å². The molecule has 0 bridgehead atoms. The van der Waals surface area contributed by atoms with Crippen LogP contribution in [0.5, 0.6) is 17.2 Å². The normalized spacial score (nSPS) is 22.6. The highest BCUT2D eigenvalue weighted by Crippen LogP contribution is 2.55. The topological polar surface area (TPSA) is 128 Å². The summed E-state index contributed by atoms with van der Waals surface area (Å²) in [5.41, 5.74) is 6.25. The van der Waals surface area contributed by atoms with Crippen molar-refractivity contribution in [3.63, 3.8) is 0 Å². The molecule has 1 aliphatic carbocycles. The summed E-state index contributed by atoms with van der Waals surface area (Å²) < 4.78 is 16.4. The minimum Gasteiger partial charge on any atom is -0.493 e. The molecule has 0 amide bonds. The second-order valence-electron chi connectivity index (χ2n) is 7.36. The van der Waals surface area contributed by atoms with Gasteiger partial charge in [-0.15, -0.1) is 0 Å². The number of allylic oxidation sites excluding steroid dienone is 2. The zero-order valence-corrected chi connectivity index (χ0v) is 17.4. The number of likely N-dealkylation sites (N-methyl/N-ethyl adjacent to an activating group) is 1. The van der Waals surface area contributed by atoms with Gasteiger partial charge in [0.05, 0.1) is 44.7 Å². The molecule has 0 unspecified atom stereocenters. The van der Waals surface area contributed by atoms with Crippen LogP contribution in [0.1, 0.15) is 11.5 Å². The van der Waals surface area contributed by atoms with Crippen LogP contribution in [0.3, 0.4) is 0 Å². The molecule has 8 nitrogen and oxygen atoms in total. The number of hydrogen-bond acceptors (Lipinski definition) is 8. The van der Waals surface area contributed by atoms with Crippen LogP contribution in [-0.4, -0.2) is 46.4 Å². The first-order chi connectivity index (χ1) is 14.4. The molecule has 3 rings (SSSR count). The van der Waals surface area contributed by atoms with Crippen LogP contribution in [0.15, 0.2) is 35.1 Å². The van der Waals surface area contributed by atoms with E-state index in [0.29, 0.717) is 35.9 Å². The molecule has 1 heterocycles. The lowest BCUT2D eigenvalue weighted by atomic mass is 9.58. The lowest BCUT2D eigenvalue weighted by Crippen LogP contribution is -2.47. The molecule has 1 aromatic rings. The summed E-state index contributed by atoms with van der Waals surface area (Å²) in [7, 11) is 6.47. The van der Waals surface area contributed by atoms with Crippen molar-refractivity contribution in [2.24, 2.45) is 17.1 Å². The number of rotatable bonds is 4. The fourth-order valence-corrected chi connectivity index (χ4v) is 4.48. The number of hydrogen-bond donors (Lipinski definition) is 1. The van der Waals surface area contributed by atoms with E-state index >= 15 is 0 Å². The summed E-state index contributed by atoms with van der Waals surface area (Å²) in [6, 6.07) is 9.86. The predicted molar refractivity (Wildman–Crippen MR) is 108 cm³/mol. The van der Waals surface area contributed by atoms with E-state index in [9.17, 15) is 15.8 Å². The van der Waals surface area contributed by atoms with E-state index in [1.807, 2.05) is 13.1 Å². The summed E-state index contributed by atoms with van der Waals surface area (Å²) in [5, 5.41) is 30.1. The number of fused-ring (bicyclic) bond motifs is 1. The summed E-state index contributed by atoms with van der Waals surface area (Å²) in [5.74, 6) is 0.330. The van der Waals surface area contributed by atoms with Crippen molar-refractivity contribution < 1.29 is 14.2 Å². The highest BCUT2D eigenvalue weighted by atomic mass is 16.5. The molecular formula is C22H23N5O3. The maximum Gasteiger partial charge on any atom is 0.203 e. The van der Waals surface area contributed by atoms with Gasteiger partial charge in [-0.1, -0.05) is 6.08 Å². The average Bonchev–Trinajstić information content (AvgIpc) is 2.77. The summed E-state index contributed by atoms with van der Waals surface area (Å²) >= 11 is 0. The third-order valence-corrected chi connectivity index (χ3v) is 5.89. The van der Waals surface area contributed by atoms with Crippen LogP contribution in [-0.2, 0) is 0 Å². The number of nitriles is 3. The minimum absolute atomic E-state index is 0.0131. The van der Waals surface area contributed by atoms with Gasteiger partial charge in [-0.05, 0) is 30.3 Å². The van der Waals surface area contributed by atoms with Gasteiger partial charge >= 0.3 is 0 Å². The average molecular weight is 405 g/mol. The van der Waals surface area contributed by atoms with E-state index in [0.717, 1.165) is 5.57 Å². The molecule has 2 atom stereocenters. The molecule has 1 aliphatic heterocycles. The molecule has 0 spiro atoms. The molecule has 154 valence electrons. The van der Waals surface area contributed by atoms with Gasteiger partial charge in [0.25, 0.3) is 0 Å². The lowest BCUT2D eigenvalue weighted by Gasteiger charge is -2.45. The fourth-order valence-electron chi connectivity index (χ4n) is 4.48. The Morgan fingerprint density at radius 2 is 1.67 bits per heavy atom. The SMILES string of the molecule is COc1cc([C@@H]2[C@@H]3CN(C)CC=C3C(C#N)=C(N)C2(C#N)C#N)cc(OC)c1OC. The largest absolute Gasteiger partial charge is 0.493 e. The summed E-state index contributed by atoms with van der Waals surface area (Å²) in [6.45, 7) is 1.22. The maximum absolute atomic E-state index is 10.2. The number of ether oxygens (including phenoxy) is 3. The van der Waals surface area contributed by atoms with Crippen LogP contribution >= 0.6 is 0 Å². The van der Waals surface area contributed by atoms with E-state index < -0.39 is 11.3 Å². The first-order valence-electron chi connectivity index (χ1n) is 9.34. The van der Waals surface area contributed by atoms with Crippen LogP contribution in [0.25, 0.3) is 0 Å². The van der Waals surface area contributed by atoms with Gasteiger partial charge in [-0.2, -0.15) is 15.8 Å². The molecule has 0 radical (unpaired) electrons. The fraction of sp³-hybridized carbons (Fsp3) is 0.409. The summed E-state index contributed by atoms with van der Waals surface area (Å²) in [4.78, 5) is 2.08. The highest BCUT2D eigenvalue weighted by Gasteiger charge is 2.54. The molecular weight excluding hydrogens is 382 g/mol. The Balaban J connectivity index is 2.37. The zero-order chi connectivity index (χ0) is 22.1.